The van der Waals surface area contributed by atoms with Crippen LogP contribution in [0.15, 0.2) is 12.4 Å². The first-order valence-electron chi connectivity index (χ1n) is 4.10. The molecule has 0 radical (unpaired) electrons. The average Bonchev–Trinajstić information content (AvgIpc) is 2.47. The van der Waals surface area contributed by atoms with Crippen LogP contribution >= 0.6 is 0 Å². The fourth-order valence-corrected chi connectivity index (χ4v) is 0.913. The fraction of sp³-hybridized carbons (Fsp3) is 0.500. The molecular weight excluding hydrogens is 168 g/mol. The average molecular weight is 182 g/mol. The van der Waals surface area contributed by atoms with E-state index < -0.39 is 6.04 Å². The number of carbonyl (C=O) groups is 1. The van der Waals surface area contributed by atoms with Gasteiger partial charge in [0.05, 0.1) is 12.2 Å². The number of aryl methyl sites for hydroxylation is 1. The van der Waals surface area contributed by atoms with Crippen molar-refractivity contribution >= 4 is 5.91 Å². The molecule has 0 aliphatic heterocycles. The standard InChI is InChI=1S/C8H14N4O/c1-6(9)8(13)10-3-7-4-11-12(2)5-7/h4-6H,3,9H2,1-2H3,(H,10,13)/t6-/m1/s1. The van der Waals surface area contributed by atoms with Crippen LogP contribution in [-0.4, -0.2) is 21.7 Å². The van der Waals surface area contributed by atoms with E-state index in [9.17, 15) is 4.79 Å². The molecule has 0 bridgehead atoms. The predicted octanol–water partition coefficient (Wildman–Crippen LogP) is -0.616. The Labute approximate surface area is 76.9 Å². The van der Waals surface area contributed by atoms with Crippen molar-refractivity contribution in [2.75, 3.05) is 0 Å². The molecule has 1 amide bonds. The van der Waals surface area contributed by atoms with E-state index in [1.54, 1.807) is 17.8 Å². The first kappa shape index (κ1) is 9.73. The number of rotatable bonds is 3. The third kappa shape index (κ3) is 2.87. The van der Waals surface area contributed by atoms with Gasteiger partial charge in [-0.2, -0.15) is 5.10 Å². The van der Waals surface area contributed by atoms with E-state index >= 15 is 0 Å². The highest BCUT2D eigenvalue weighted by molar-refractivity contribution is 5.80. The van der Waals surface area contributed by atoms with E-state index in [-0.39, 0.29) is 5.91 Å². The molecular formula is C8H14N4O. The molecule has 0 aliphatic carbocycles. The third-order valence-electron chi connectivity index (χ3n) is 1.64. The second-order valence-electron chi connectivity index (χ2n) is 3.03. The summed E-state index contributed by atoms with van der Waals surface area (Å²) in [5.41, 5.74) is 6.34. The Hall–Kier alpha value is -1.36. The lowest BCUT2D eigenvalue weighted by Gasteiger charge is -2.05. The molecule has 3 N–H and O–H groups in total. The summed E-state index contributed by atoms with van der Waals surface area (Å²) >= 11 is 0. The summed E-state index contributed by atoms with van der Waals surface area (Å²) in [7, 11) is 1.83. The number of hydrogen-bond acceptors (Lipinski definition) is 3. The van der Waals surface area contributed by atoms with E-state index in [4.69, 9.17) is 5.73 Å². The molecule has 1 aromatic rings. The SMILES string of the molecule is C[C@@H](N)C(=O)NCc1cnn(C)c1. The number of nitrogens with two attached hydrogens (primary N) is 1. The van der Waals surface area contributed by atoms with Gasteiger partial charge in [0.2, 0.25) is 5.91 Å². The minimum absolute atomic E-state index is 0.149. The van der Waals surface area contributed by atoms with Gasteiger partial charge in [-0.25, -0.2) is 0 Å². The normalized spacial score (nSPS) is 12.5. The minimum Gasteiger partial charge on any atom is -0.351 e. The van der Waals surface area contributed by atoms with Crippen LogP contribution < -0.4 is 11.1 Å². The van der Waals surface area contributed by atoms with Gasteiger partial charge in [0.25, 0.3) is 0 Å². The Morgan fingerprint density at radius 3 is 3.00 bits per heavy atom. The summed E-state index contributed by atoms with van der Waals surface area (Å²) in [6.07, 6.45) is 3.56. The third-order valence-corrected chi connectivity index (χ3v) is 1.64. The molecule has 5 nitrogen and oxygen atoms in total. The van der Waals surface area contributed by atoms with Gasteiger partial charge in [0.1, 0.15) is 0 Å². The molecule has 1 aromatic heterocycles. The van der Waals surface area contributed by atoms with Gasteiger partial charge >= 0.3 is 0 Å². The van der Waals surface area contributed by atoms with Crippen molar-refractivity contribution in [3.8, 4) is 0 Å². The number of nitrogens with zero attached hydrogens (tertiary/aromatic N) is 2. The summed E-state index contributed by atoms with van der Waals surface area (Å²) in [5.74, 6) is -0.149. The molecule has 1 rings (SSSR count). The monoisotopic (exact) mass is 182 g/mol. The number of aromatic nitrogens is 2. The maximum Gasteiger partial charge on any atom is 0.236 e. The summed E-state index contributed by atoms with van der Waals surface area (Å²) in [6.45, 7) is 2.13. The van der Waals surface area contributed by atoms with Crippen LogP contribution in [0.25, 0.3) is 0 Å². The molecule has 0 aliphatic rings. The Balaban J connectivity index is 2.39. The van der Waals surface area contributed by atoms with Crippen LogP contribution in [0.2, 0.25) is 0 Å². The molecule has 1 atom stereocenters. The lowest BCUT2D eigenvalue weighted by Crippen LogP contribution is -2.37. The van der Waals surface area contributed by atoms with Crippen LogP contribution in [0.5, 0.6) is 0 Å². The van der Waals surface area contributed by atoms with Gasteiger partial charge in [-0.15, -0.1) is 0 Å². The van der Waals surface area contributed by atoms with Crippen molar-refractivity contribution in [1.29, 1.82) is 0 Å². The molecule has 72 valence electrons. The Morgan fingerprint density at radius 2 is 2.54 bits per heavy atom. The van der Waals surface area contributed by atoms with Crippen LogP contribution in [0.4, 0.5) is 0 Å². The zero-order valence-electron chi connectivity index (χ0n) is 7.82. The quantitative estimate of drug-likeness (QED) is 0.654. The topological polar surface area (TPSA) is 72.9 Å². The van der Waals surface area contributed by atoms with E-state index in [0.717, 1.165) is 5.56 Å². The summed E-state index contributed by atoms with van der Waals surface area (Å²) < 4.78 is 1.69. The predicted molar refractivity (Wildman–Crippen MR) is 48.7 cm³/mol. The molecule has 0 fully saturated rings. The highest BCUT2D eigenvalue weighted by atomic mass is 16.2. The lowest BCUT2D eigenvalue weighted by molar-refractivity contribution is -0.122. The molecule has 0 unspecified atom stereocenters. The molecule has 1 heterocycles. The van der Waals surface area contributed by atoms with Crippen molar-refractivity contribution in [2.45, 2.75) is 19.5 Å². The second kappa shape index (κ2) is 4.04. The number of carbonyl (C=O) groups excluding carboxylic acids is 1. The minimum atomic E-state index is -0.461. The highest BCUT2D eigenvalue weighted by Crippen LogP contribution is 1.94. The first-order chi connectivity index (χ1) is 6.09. The summed E-state index contributed by atoms with van der Waals surface area (Å²) in [5, 5.41) is 6.67. The molecule has 5 heteroatoms. The lowest BCUT2D eigenvalue weighted by atomic mass is 10.3. The molecule has 0 spiro atoms. The van der Waals surface area contributed by atoms with E-state index in [1.165, 1.54) is 0 Å². The molecule has 13 heavy (non-hydrogen) atoms. The Bertz CT molecular complexity index is 292. The van der Waals surface area contributed by atoms with Crippen molar-refractivity contribution in [1.82, 2.24) is 15.1 Å². The van der Waals surface area contributed by atoms with Gasteiger partial charge < -0.3 is 11.1 Å². The highest BCUT2D eigenvalue weighted by Gasteiger charge is 2.06. The maximum absolute atomic E-state index is 11.1. The van der Waals surface area contributed by atoms with Gasteiger partial charge in [0, 0.05) is 25.4 Å². The number of nitrogens with one attached hydrogen (secondary N) is 1. The fourth-order valence-electron chi connectivity index (χ4n) is 0.913. The van der Waals surface area contributed by atoms with E-state index in [2.05, 4.69) is 10.4 Å². The van der Waals surface area contributed by atoms with Crippen molar-refractivity contribution in [3.63, 3.8) is 0 Å². The zero-order chi connectivity index (χ0) is 9.84. The smallest absolute Gasteiger partial charge is 0.236 e. The van der Waals surface area contributed by atoms with Crippen LogP contribution in [0, 0.1) is 0 Å². The molecule has 0 saturated carbocycles. The summed E-state index contributed by atoms with van der Waals surface area (Å²) in [4.78, 5) is 11.1. The number of hydrogen-bond donors (Lipinski definition) is 2. The van der Waals surface area contributed by atoms with Crippen molar-refractivity contribution < 1.29 is 4.79 Å². The van der Waals surface area contributed by atoms with Gasteiger partial charge in [-0.1, -0.05) is 0 Å². The zero-order valence-corrected chi connectivity index (χ0v) is 7.82. The summed E-state index contributed by atoms with van der Waals surface area (Å²) in [6, 6.07) is -0.461. The van der Waals surface area contributed by atoms with E-state index in [0.29, 0.717) is 6.54 Å². The van der Waals surface area contributed by atoms with Gasteiger partial charge in [-0.3, -0.25) is 9.48 Å². The molecule has 0 saturated heterocycles. The van der Waals surface area contributed by atoms with Crippen molar-refractivity contribution in [3.05, 3.63) is 18.0 Å². The van der Waals surface area contributed by atoms with Gasteiger partial charge in [-0.05, 0) is 6.92 Å². The largest absolute Gasteiger partial charge is 0.351 e. The Morgan fingerprint density at radius 1 is 1.85 bits per heavy atom. The van der Waals surface area contributed by atoms with Crippen LogP contribution in [0.1, 0.15) is 12.5 Å². The second-order valence-corrected chi connectivity index (χ2v) is 3.03. The first-order valence-corrected chi connectivity index (χ1v) is 4.10. The van der Waals surface area contributed by atoms with Crippen LogP contribution in [0.3, 0.4) is 0 Å². The van der Waals surface area contributed by atoms with Crippen molar-refractivity contribution in [2.24, 2.45) is 12.8 Å². The van der Waals surface area contributed by atoms with Gasteiger partial charge in [0.15, 0.2) is 0 Å². The maximum atomic E-state index is 11.1. The number of amides is 1. The van der Waals surface area contributed by atoms with Crippen LogP contribution in [-0.2, 0) is 18.4 Å². The molecule has 0 aromatic carbocycles. The Kier molecular flexibility index (Phi) is 3.02. The van der Waals surface area contributed by atoms with E-state index in [1.807, 2.05) is 13.2 Å².